The molecule has 3 aromatic rings. The summed E-state index contributed by atoms with van der Waals surface area (Å²) in [7, 11) is 2.97. The van der Waals surface area contributed by atoms with Gasteiger partial charge in [-0.05, 0) is 34.4 Å². The third-order valence-corrected chi connectivity index (χ3v) is 3.66. The molecule has 0 aliphatic heterocycles. The van der Waals surface area contributed by atoms with Gasteiger partial charge in [-0.2, -0.15) is 0 Å². The third-order valence-electron chi connectivity index (χ3n) is 3.66. The molecule has 0 aliphatic rings. The van der Waals surface area contributed by atoms with Crippen molar-refractivity contribution < 1.29 is 14.3 Å². The Morgan fingerprint density at radius 1 is 0.952 bits per heavy atom. The van der Waals surface area contributed by atoms with Crippen LogP contribution in [0.15, 0.2) is 42.5 Å². The van der Waals surface area contributed by atoms with Crippen LogP contribution in [-0.4, -0.2) is 20.2 Å². The third kappa shape index (κ3) is 1.96. The van der Waals surface area contributed by atoms with Crippen molar-refractivity contribution >= 4 is 33.2 Å². The van der Waals surface area contributed by atoms with E-state index in [2.05, 4.69) is 0 Å². The highest BCUT2D eigenvalue weighted by molar-refractivity contribution is 6.22. The molecule has 0 atom stereocenters. The molecule has 0 amide bonds. The molecule has 0 spiro atoms. The van der Waals surface area contributed by atoms with Crippen molar-refractivity contribution in [2.75, 3.05) is 20.0 Å². The monoisotopic (exact) mass is 281 g/mol. The normalized spacial score (nSPS) is 10.8. The Bertz CT molecular complexity index is 855. The Kier molecular flexibility index (Phi) is 3.14. The lowest BCUT2D eigenvalue weighted by Gasteiger charge is -2.13. The second-order valence-electron chi connectivity index (χ2n) is 4.74. The maximum Gasteiger partial charge on any atom is 0.340 e. The summed E-state index contributed by atoms with van der Waals surface area (Å²) in [5, 5.41) is 3.49. The minimum absolute atomic E-state index is 0.397. The number of benzene rings is 3. The number of anilines is 1. The van der Waals surface area contributed by atoms with Crippen LogP contribution in [0.4, 0.5) is 5.69 Å². The quantitative estimate of drug-likeness (QED) is 0.444. The number of fused-ring (bicyclic) bond motifs is 3. The van der Waals surface area contributed by atoms with E-state index in [1.54, 1.807) is 7.11 Å². The van der Waals surface area contributed by atoms with Crippen molar-refractivity contribution in [2.24, 2.45) is 0 Å². The topological polar surface area (TPSA) is 61.5 Å². The summed E-state index contributed by atoms with van der Waals surface area (Å²) in [6.45, 7) is 0. The largest absolute Gasteiger partial charge is 0.497 e. The predicted molar refractivity (Wildman–Crippen MR) is 83.8 cm³/mol. The average molecular weight is 281 g/mol. The summed E-state index contributed by atoms with van der Waals surface area (Å²) >= 11 is 0. The number of ether oxygens (including phenoxy) is 2. The molecule has 0 bridgehead atoms. The minimum atomic E-state index is -0.437. The van der Waals surface area contributed by atoms with Gasteiger partial charge in [-0.3, -0.25) is 0 Å². The Morgan fingerprint density at radius 2 is 1.67 bits per heavy atom. The SMILES string of the molecule is COC(=O)c1c(N)c2ccccc2c2cc(OC)ccc12. The first-order valence-corrected chi connectivity index (χ1v) is 6.53. The first-order valence-electron chi connectivity index (χ1n) is 6.53. The van der Waals surface area contributed by atoms with E-state index < -0.39 is 5.97 Å². The van der Waals surface area contributed by atoms with Gasteiger partial charge in [0, 0.05) is 5.39 Å². The van der Waals surface area contributed by atoms with Gasteiger partial charge < -0.3 is 15.2 Å². The van der Waals surface area contributed by atoms with E-state index in [0.29, 0.717) is 11.3 Å². The molecule has 4 heteroatoms. The minimum Gasteiger partial charge on any atom is -0.497 e. The van der Waals surface area contributed by atoms with Crippen LogP contribution in [-0.2, 0) is 4.74 Å². The molecule has 3 aromatic carbocycles. The van der Waals surface area contributed by atoms with Crippen molar-refractivity contribution in [2.45, 2.75) is 0 Å². The zero-order chi connectivity index (χ0) is 15.0. The molecular weight excluding hydrogens is 266 g/mol. The molecule has 0 radical (unpaired) electrons. The van der Waals surface area contributed by atoms with Crippen molar-refractivity contribution in [3.63, 3.8) is 0 Å². The van der Waals surface area contributed by atoms with E-state index in [9.17, 15) is 4.79 Å². The van der Waals surface area contributed by atoms with E-state index in [1.807, 2.05) is 42.5 Å². The fourth-order valence-corrected chi connectivity index (χ4v) is 2.65. The van der Waals surface area contributed by atoms with Crippen molar-refractivity contribution in [3.8, 4) is 5.75 Å². The van der Waals surface area contributed by atoms with Crippen LogP contribution in [0.5, 0.6) is 5.75 Å². The van der Waals surface area contributed by atoms with Gasteiger partial charge in [0.25, 0.3) is 0 Å². The van der Waals surface area contributed by atoms with E-state index in [0.717, 1.165) is 27.3 Å². The zero-order valence-electron chi connectivity index (χ0n) is 11.8. The highest BCUT2D eigenvalue weighted by atomic mass is 16.5. The highest BCUT2D eigenvalue weighted by Crippen LogP contribution is 2.36. The summed E-state index contributed by atoms with van der Waals surface area (Å²) in [6, 6.07) is 13.3. The Labute approximate surface area is 122 Å². The number of carbonyl (C=O) groups is 1. The number of hydrogen-bond acceptors (Lipinski definition) is 4. The van der Waals surface area contributed by atoms with E-state index in [-0.39, 0.29) is 0 Å². The smallest absolute Gasteiger partial charge is 0.340 e. The molecule has 4 nitrogen and oxygen atoms in total. The van der Waals surface area contributed by atoms with Crippen LogP contribution in [0.1, 0.15) is 10.4 Å². The van der Waals surface area contributed by atoms with Gasteiger partial charge in [0.15, 0.2) is 0 Å². The second-order valence-corrected chi connectivity index (χ2v) is 4.74. The van der Waals surface area contributed by atoms with Crippen LogP contribution < -0.4 is 10.5 Å². The summed E-state index contributed by atoms with van der Waals surface area (Å²) in [5.41, 5.74) is 7.04. The summed E-state index contributed by atoms with van der Waals surface area (Å²) in [5.74, 6) is 0.293. The molecule has 0 unspecified atom stereocenters. The number of methoxy groups -OCH3 is 2. The first kappa shape index (κ1) is 13.2. The second kappa shape index (κ2) is 4.98. The fraction of sp³-hybridized carbons (Fsp3) is 0.118. The lowest BCUT2D eigenvalue weighted by Crippen LogP contribution is -2.07. The Hall–Kier alpha value is -2.75. The van der Waals surface area contributed by atoms with Crippen molar-refractivity contribution in [1.29, 1.82) is 0 Å². The highest BCUT2D eigenvalue weighted by Gasteiger charge is 2.18. The Morgan fingerprint density at radius 3 is 2.33 bits per heavy atom. The van der Waals surface area contributed by atoms with Gasteiger partial charge in [-0.15, -0.1) is 0 Å². The summed E-state index contributed by atoms with van der Waals surface area (Å²) in [6.07, 6.45) is 0. The van der Waals surface area contributed by atoms with Crippen molar-refractivity contribution in [1.82, 2.24) is 0 Å². The van der Waals surface area contributed by atoms with E-state index in [1.165, 1.54) is 7.11 Å². The van der Waals surface area contributed by atoms with Gasteiger partial charge in [-0.25, -0.2) is 4.79 Å². The molecule has 106 valence electrons. The van der Waals surface area contributed by atoms with Crippen LogP contribution in [0.3, 0.4) is 0 Å². The first-order chi connectivity index (χ1) is 10.2. The average Bonchev–Trinajstić information content (AvgIpc) is 2.54. The number of hydrogen-bond donors (Lipinski definition) is 1. The number of esters is 1. The van der Waals surface area contributed by atoms with Crippen LogP contribution in [0, 0.1) is 0 Å². The molecule has 21 heavy (non-hydrogen) atoms. The van der Waals surface area contributed by atoms with Crippen molar-refractivity contribution in [3.05, 3.63) is 48.0 Å². The maximum atomic E-state index is 12.1. The summed E-state index contributed by atoms with van der Waals surface area (Å²) < 4.78 is 10.2. The molecule has 0 heterocycles. The number of rotatable bonds is 2. The molecule has 0 saturated heterocycles. The van der Waals surface area contributed by atoms with Gasteiger partial charge in [0.2, 0.25) is 0 Å². The van der Waals surface area contributed by atoms with Crippen LogP contribution >= 0.6 is 0 Å². The van der Waals surface area contributed by atoms with E-state index >= 15 is 0 Å². The maximum absolute atomic E-state index is 12.1. The molecule has 3 rings (SSSR count). The zero-order valence-corrected chi connectivity index (χ0v) is 11.8. The van der Waals surface area contributed by atoms with Crippen LogP contribution in [0.25, 0.3) is 21.5 Å². The van der Waals surface area contributed by atoms with Gasteiger partial charge in [0.1, 0.15) is 5.75 Å². The van der Waals surface area contributed by atoms with Gasteiger partial charge in [-0.1, -0.05) is 24.3 Å². The molecular formula is C17H15NO3. The van der Waals surface area contributed by atoms with Gasteiger partial charge >= 0.3 is 5.97 Å². The van der Waals surface area contributed by atoms with Crippen LogP contribution in [0.2, 0.25) is 0 Å². The summed E-state index contributed by atoms with van der Waals surface area (Å²) in [4.78, 5) is 12.1. The molecule has 0 aliphatic carbocycles. The number of nitrogens with two attached hydrogens (primary N) is 1. The molecule has 2 N–H and O–H groups in total. The van der Waals surface area contributed by atoms with Gasteiger partial charge in [0.05, 0.1) is 25.5 Å². The Balaban J connectivity index is 2.54. The molecule has 0 saturated carbocycles. The lowest BCUT2D eigenvalue weighted by atomic mass is 9.95. The predicted octanol–water partition coefficient (Wildman–Crippen LogP) is 3.37. The molecule has 0 aromatic heterocycles. The van der Waals surface area contributed by atoms with E-state index in [4.69, 9.17) is 15.2 Å². The molecule has 0 fully saturated rings. The standard InChI is InChI=1S/C17H15NO3/c1-20-10-7-8-12-14(9-10)11-5-3-4-6-13(11)16(18)15(12)17(19)21-2/h3-9H,18H2,1-2H3. The number of nitrogen functional groups attached to an aromatic ring is 1. The lowest BCUT2D eigenvalue weighted by molar-refractivity contribution is 0.0604. The fourth-order valence-electron chi connectivity index (χ4n) is 2.65. The number of carbonyl (C=O) groups excluding carboxylic acids is 1.